The van der Waals surface area contributed by atoms with E-state index in [4.69, 9.17) is 1.37 Å². The number of carbonyl (C=O) groups excluding carboxylic acids is 1. The summed E-state index contributed by atoms with van der Waals surface area (Å²) in [5.74, 6) is 0.247. The molecule has 0 atom stereocenters. The Morgan fingerprint density at radius 3 is 2.00 bits per heavy atom. The Morgan fingerprint density at radius 1 is 1.20 bits per heavy atom. The maximum absolute atomic E-state index is 12.3. The number of aromatic hydroxyl groups is 1. The summed E-state index contributed by atoms with van der Waals surface area (Å²) in [6, 6.07) is 3.56. The summed E-state index contributed by atoms with van der Waals surface area (Å²) < 4.78 is 7.00. The number of Topliss-reactive ketones (excluding diaryl/α,β-unsaturated/α-hetero) is 1. The molecular weight excluding hydrogens is 248 g/mol. The molecule has 0 bridgehead atoms. The van der Waals surface area contributed by atoms with Crippen molar-refractivity contribution in [1.29, 1.82) is 0 Å². The van der Waals surface area contributed by atoms with Gasteiger partial charge >= 0.3 is 0 Å². The van der Waals surface area contributed by atoms with E-state index in [1.807, 2.05) is 41.5 Å². The molecule has 1 N–H and O–H groups in total. The average molecular weight is 276 g/mol. The van der Waals surface area contributed by atoms with Gasteiger partial charge in [0.2, 0.25) is 0 Å². The van der Waals surface area contributed by atoms with Crippen LogP contribution in [0.3, 0.4) is 0 Å². The number of hydrogen-bond acceptors (Lipinski definition) is 2. The third-order valence-electron chi connectivity index (χ3n) is 3.35. The van der Waals surface area contributed by atoms with Crippen LogP contribution in [0.2, 0.25) is 0 Å². The van der Waals surface area contributed by atoms with Gasteiger partial charge in [-0.15, -0.1) is 6.55 Å². The van der Waals surface area contributed by atoms with E-state index < -0.39 is 0 Å². The molecule has 0 heterocycles. The molecule has 2 heteroatoms. The van der Waals surface area contributed by atoms with Crippen molar-refractivity contribution in [2.45, 2.75) is 58.8 Å². The minimum Gasteiger partial charge on any atom is -0.507 e. The van der Waals surface area contributed by atoms with Crippen LogP contribution in [0.15, 0.2) is 24.8 Å². The Kier molecular flexibility index (Phi) is 4.03. The number of benzene rings is 1. The van der Waals surface area contributed by atoms with Crippen molar-refractivity contribution < 1.29 is 11.3 Å². The highest BCUT2D eigenvalue weighted by molar-refractivity contribution is 5.97. The zero-order valence-electron chi connectivity index (χ0n) is 14.4. The van der Waals surface area contributed by atoms with Crippen LogP contribution in [0.4, 0.5) is 0 Å². The van der Waals surface area contributed by atoms with Crippen LogP contribution in [0.1, 0.15) is 70.8 Å². The van der Waals surface area contributed by atoms with Gasteiger partial charge in [-0.05, 0) is 23.0 Å². The van der Waals surface area contributed by atoms with Gasteiger partial charge in [-0.3, -0.25) is 4.79 Å². The minimum atomic E-state index is -0.244. The molecule has 0 aromatic heterocycles. The maximum atomic E-state index is 12.3. The summed E-state index contributed by atoms with van der Waals surface area (Å²) >= 11 is 0. The Bertz CT molecular complexity index is 523. The number of carbonyl (C=O) groups is 1. The summed E-state index contributed by atoms with van der Waals surface area (Å²) in [7, 11) is 0. The molecule has 20 heavy (non-hydrogen) atoms. The fraction of sp³-hybridized carbons (Fsp3) is 0.500. The van der Waals surface area contributed by atoms with Gasteiger partial charge < -0.3 is 5.11 Å². The van der Waals surface area contributed by atoms with Crippen LogP contribution in [0, 0.1) is 0 Å². The number of ketones is 1. The van der Waals surface area contributed by atoms with Crippen molar-refractivity contribution in [3.05, 3.63) is 41.5 Å². The molecule has 0 unspecified atom stereocenters. The van der Waals surface area contributed by atoms with Crippen molar-refractivity contribution in [2.24, 2.45) is 0 Å². The van der Waals surface area contributed by atoms with Crippen molar-refractivity contribution in [1.82, 2.24) is 0 Å². The van der Waals surface area contributed by atoms with Crippen LogP contribution in [0.5, 0.6) is 5.75 Å². The summed E-state index contributed by atoms with van der Waals surface area (Å²) in [5, 5.41) is 10.6. The van der Waals surface area contributed by atoms with Gasteiger partial charge in [0.25, 0.3) is 0 Å². The minimum absolute atomic E-state index is 0.0329. The lowest BCUT2D eigenvalue weighted by Crippen LogP contribution is -2.18. The monoisotopic (exact) mass is 276 g/mol. The summed E-state index contributed by atoms with van der Waals surface area (Å²) in [5.41, 5.74) is 1.68. The van der Waals surface area contributed by atoms with E-state index in [-0.39, 0.29) is 28.8 Å². The molecule has 0 aliphatic carbocycles. The number of phenols is 1. The first-order valence-corrected chi connectivity index (χ1v) is 6.93. The number of phenolic OH excluding ortho intramolecular Hbond substituents is 1. The van der Waals surface area contributed by atoms with Crippen molar-refractivity contribution in [3.8, 4) is 5.75 Å². The normalized spacial score (nSPS) is 13.6. The molecule has 0 spiro atoms. The van der Waals surface area contributed by atoms with Gasteiger partial charge in [-0.25, -0.2) is 0 Å². The highest BCUT2D eigenvalue weighted by Crippen LogP contribution is 2.39. The molecular formula is C18H26O2. The summed E-state index contributed by atoms with van der Waals surface area (Å²) in [6.45, 7) is 13.3. The largest absolute Gasteiger partial charge is 0.507 e. The molecule has 1 aromatic rings. The van der Waals surface area contributed by atoms with E-state index in [1.165, 1.54) is 6.08 Å². The molecule has 2 nitrogen and oxygen atoms in total. The number of hydrogen-bond donors (Lipinski definition) is 1. The lowest BCUT2D eigenvalue weighted by molar-refractivity contribution is 0.0995. The summed E-state index contributed by atoms with van der Waals surface area (Å²) in [6.07, 6.45) is 1.74. The summed E-state index contributed by atoms with van der Waals surface area (Å²) in [4.78, 5) is 12.3. The van der Waals surface area contributed by atoms with E-state index in [1.54, 1.807) is 12.1 Å². The lowest BCUT2D eigenvalue weighted by Gasteiger charge is -2.28. The second-order valence-electron chi connectivity index (χ2n) is 7.28. The van der Waals surface area contributed by atoms with Crippen LogP contribution in [0.25, 0.3) is 0 Å². The van der Waals surface area contributed by atoms with E-state index in [2.05, 4.69) is 0 Å². The van der Waals surface area contributed by atoms with Crippen LogP contribution < -0.4 is 0 Å². The van der Waals surface area contributed by atoms with E-state index in [0.717, 1.165) is 17.7 Å². The lowest BCUT2D eigenvalue weighted by atomic mass is 9.78. The first kappa shape index (κ1) is 14.8. The molecule has 0 aliphatic rings. The first-order valence-electron chi connectivity index (χ1n) is 7.50. The fourth-order valence-corrected chi connectivity index (χ4v) is 2.16. The molecule has 1 aromatic carbocycles. The third kappa shape index (κ3) is 3.50. The molecule has 0 fully saturated rings. The van der Waals surface area contributed by atoms with Crippen LogP contribution in [-0.2, 0) is 10.8 Å². The molecule has 1 rings (SSSR count). The van der Waals surface area contributed by atoms with E-state index in [0.29, 0.717) is 5.56 Å². The molecule has 0 saturated heterocycles. The van der Waals surface area contributed by atoms with Crippen molar-refractivity contribution in [3.63, 3.8) is 0 Å². The van der Waals surface area contributed by atoms with Gasteiger partial charge in [-0.1, -0.05) is 47.6 Å². The van der Waals surface area contributed by atoms with E-state index in [9.17, 15) is 9.90 Å². The Balaban J connectivity index is 3.51. The Hall–Kier alpha value is -1.57. The van der Waals surface area contributed by atoms with Gasteiger partial charge in [-0.2, -0.15) is 0 Å². The fourth-order valence-electron chi connectivity index (χ4n) is 2.16. The standard InChI is InChI=1S/C18H26O2/c1-8-9-15(19)12-10-13(17(2,3)4)16(20)14(11-12)18(5,6)7/h8,10-11,20H,1,9H2,2-7H3/i1T. The Morgan fingerprint density at radius 2 is 1.65 bits per heavy atom. The molecule has 0 amide bonds. The molecule has 0 aliphatic heterocycles. The van der Waals surface area contributed by atoms with Crippen molar-refractivity contribution >= 4 is 5.78 Å². The zero-order valence-corrected chi connectivity index (χ0v) is 13.4. The average Bonchev–Trinajstić information content (AvgIpc) is 2.33. The second-order valence-corrected chi connectivity index (χ2v) is 7.28. The van der Waals surface area contributed by atoms with Crippen LogP contribution in [-0.4, -0.2) is 10.9 Å². The smallest absolute Gasteiger partial charge is 0.166 e. The number of rotatable bonds is 3. The number of allylic oxidation sites excluding steroid dienone is 1. The maximum Gasteiger partial charge on any atom is 0.166 e. The molecule has 110 valence electrons. The van der Waals surface area contributed by atoms with Crippen molar-refractivity contribution in [2.75, 3.05) is 0 Å². The van der Waals surface area contributed by atoms with Gasteiger partial charge in [0, 0.05) is 23.1 Å². The zero-order chi connectivity index (χ0) is 16.4. The molecule has 0 radical (unpaired) electrons. The van der Waals surface area contributed by atoms with Gasteiger partial charge in [0.15, 0.2) is 5.78 Å². The first-order chi connectivity index (χ1) is 9.48. The van der Waals surface area contributed by atoms with Gasteiger partial charge in [0.1, 0.15) is 5.75 Å². The van der Waals surface area contributed by atoms with Gasteiger partial charge in [0.05, 0.1) is 1.37 Å². The predicted molar refractivity (Wildman–Crippen MR) is 84.7 cm³/mol. The predicted octanol–water partition coefficient (Wildman–Crippen LogP) is 4.75. The third-order valence-corrected chi connectivity index (χ3v) is 3.35. The quantitative estimate of drug-likeness (QED) is 0.639. The highest BCUT2D eigenvalue weighted by atomic mass is 16.3. The Labute approximate surface area is 123 Å². The van der Waals surface area contributed by atoms with Crippen LogP contribution >= 0.6 is 0 Å². The second kappa shape index (κ2) is 5.43. The molecule has 0 saturated carbocycles. The SMILES string of the molecule is [3H]C=CCC(=O)c1cc(C(C)(C)C)c(O)c(C(C)(C)C)c1. The topological polar surface area (TPSA) is 37.3 Å². The highest BCUT2D eigenvalue weighted by Gasteiger charge is 2.27. The van der Waals surface area contributed by atoms with E-state index >= 15 is 0 Å².